The molecule has 0 aliphatic carbocycles. The molecule has 0 spiro atoms. The van der Waals surface area contributed by atoms with E-state index in [1.807, 2.05) is 26.0 Å². The second kappa shape index (κ2) is 29.9. The van der Waals surface area contributed by atoms with Crippen molar-refractivity contribution in [3.05, 3.63) is 232 Å². The maximum atomic E-state index is 12.7. The van der Waals surface area contributed by atoms with Crippen LogP contribution < -0.4 is 10.9 Å². The normalized spacial score (nSPS) is 13.0. The fourth-order valence-corrected chi connectivity index (χ4v) is 9.30. The Bertz CT molecular complexity index is 4040. The van der Waals surface area contributed by atoms with Gasteiger partial charge in [0.2, 0.25) is 46.5 Å². The van der Waals surface area contributed by atoms with Gasteiger partial charge in [-0.1, -0.05) is 77.3 Å². The van der Waals surface area contributed by atoms with Crippen LogP contribution in [0.15, 0.2) is 124 Å². The monoisotopic (exact) mass is 1310 g/mol. The molecule has 8 aromatic rings. The van der Waals surface area contributed by atoms with Crippen LogP contribution in [0.1, 0.15) is 98.9 Å². The number of halogens is 12. The van der Waals surface area contributed by atoms with E-state index >= 15 is 0 Å². The molecule has 6 aromatic carbocycles. The number of aliphatic hydroxyl groups excluding tert-OH is 2. The second-order valence-electron chi connectivity index (χ2n) is 20.0. The van der Waals surface area contributed by atoms with Gasteiger partial charge in [-0.15, -0.1) is 20.4 Å². The predicted octanol–water partition coefficient (Wildman–Crippen LogP) is 17.1. The molecule has 2 heterocycles. The van der Waals surface area contributed by atoms with Crippen molar-refractivity contribution >= 4 is 69.3 Å². The fourth-order valence-electron chi connectivity index (χ4n) is 8.62. The topological polar surface area (TPSA) is 190 Å². The number of rotatable bonds is 14. The summed E-state index contributed by atoms with van der Waals surface area (Å²) in [6.07, 6.45) is -12.6. The lowest BCUT2D eigenvalue weighted by atomic mass is 9.91. The zero-order valence-electron chi connectivity index (χ0n) is 48.1. The van der Waals surface area contributed by atoms with E-state index in [1.54, 1.807) is 45.0 Å². The van der Waals surface area contributed by atoms with Crippen LogP contribution in [-0.2, 0) is 42.6 Å². The van der Waals surface area contributed by atoms with E-state index in [9.17, 15) is 59.3 Å². The minimum Gasteiger partial charge on any atom is -0.420 e. The van der Waals surface area contributed by atoms with E-state index in [4.69, 9.17) is 63.4 Å². The highest BCUT2D eigenvalue weighted by molar-refractivity contribution is 6.35. The van der Waals surface area contributed by atoms with Crippen LogP contribution in [0.3, 0.4) is 0 Å². The van der Waals surface area contributed by atoms with Crippen molar-refractivity contribution in [2.24, 2.45) is 5.92 Å². The van der Waals surface area contributed by atoms with Crippen LogP contribution in [0.5, 0.6) is 0 Å². The van der Waals surface area contributed by atoms with Crippen molar-refractivity contribution in [1.29, 1.82) is 0 Å². The SMILES string of the molecule is [C-]#[N+]c1ccc(C/C(=C\C)c2nnc(-c3ccc(C(F)(F)F)cc3)o2)c(C)c1Cl.[C-]#[N+]c1ccc(C[C@@H](C(=O)NNC(=O)c2ccc(C(F)(F)F)cc2)[C@H](C)O)c(C)c1Cl.[C-]#[N+]c1ccc(C[C@@H](c2nnc(-c3ccc(C(F)(F)F)cc3)o2)[C@H](C)O)c(C)c1Cl. The highest BCUT2D eigenvalue weighted by atomic mass is 35.5. The lowest BCUT2D eigenvalue weighted by Gasteiger charge is -2.21. The first-order valence-electron chi connectivity index (χ1n) is 26.6. The smallest absolute Gasteiger partial charge is 0.416 e. The molecular formula is C63H51Cl3F9N9O6. The Balaban J connectivity index is 0.000000215. The molecular weight excluding hydrogens is 1260 g/mol. The molecule has 0 aliphatic rings. The van der Waals surface area contributed by atoms with Gasteiger partial charge in [0.25, 0.3) is 5.91 Å². The summed E-state index contributed by atoms with van der Waals surface area (Å²) < 4.78 is 125. The second-order valence-corrected chi connectivity index (χ2v) is 21.1. The number of aliphatic hydroxyl groups is 2. The lowest BCUT2D eigenvalue weighted by Crippen LogP contribution is -2.47. The van der Waals surface area contributed by atoms with E-state index in [0.29, 0.717) is 56.5 Å². The molecule has 0 aliphatic heterocycles. The first-order valence-corrected chi connectivity index (χ1v) is 27.7. The quantitative estimate of drug-likeness (QED) is 0.0463. The Morgan fingerprint density at radius 1 is 0.556 bits per heavy atom. The standard InChI is InChI=1S/C21H19ClF3N3O3.C21H17ClF3N3O2.C21H15ClF3N3O/c1-11-14(6-9-17(26-3)18(11)22)10-16(12(2)29)20(31)28-27-19(30)13-4-7-15(8-5-13)21(23,24)25;1-11-14(6-9-17(26-3)18(11)22)10-16(12(2)29)20-28-27-19(30-20)13-4-7-15(8-5-13)21(23,24)25;1-4-13(11-15-7-10-17(26-3)18(22)12(15)2)19-27-28-20(29-19)14-5-8-16(9-6-14)21(23,24)25/h4-9,12,16,29H,10H2,1-2H3,(H,27,30)(H,28,31);4-9,12,16,29H,10H2,1-2H3;4-10H,11H2,1-2H3/b;;13-4+/t2*12-,16+;/m00./s1. The minimum atomic E-state index is -4.53. The lowest BCUT2D eigenvalue weighted by molar-refractivity contribution is -0.138. The van der Waals surface area contributed by atoms with Gasteiger partial charge in [-0.25, -0.2) is 14.5 Å². The molecule has 2 amide bonds. The molecule has 0 radical (unpaired) electrons. The summed E-state index contributed by atoms with van der Waals surface area (Å²) in [5, 5.41) is 37.2. The van der Waals surface area contributed by atoms with Crippen LogP contribution in [0.4, 0.5) is 56.6 Å². The summed E-state index contributed by atoms with van der Waals surface area (Å²) in [5.41, 5.74) is 8.75. The third kappa shape index (κ3) is 17.6. The van der Waals surface area contributed by atoms with E-state index in [-0.39, 0.29) is 46.3 Å². The molecule has 2 aromatic heterocycles. The molecule has 15 nitrogen and oxygen atoms in total. The predicted molar refractivity (Wildman–Crippen MR) is 318 cm³/mol. The Kier molecular flexibility index (Phi) is 23.3. The third-order valence-corrected chi connectivity index (χ3v) is 15.5. The van der Waals surface area contributed by atoms with Gasteiger partial charge in [-0.05, 0) is 161 Å². The van der Waals surface area contributed by atoms with E-state index in [1.165, 1.54) is 37.3 Å². The number of nitrogens with one attached hydrogen (secondary N) is 2. The molecule has 468 valence electrons. The van der Waals surface area contributed by atoms with Crippen molar-refractivity contribution in [3.63, 3.8) is 0 Å². The molecule has 0 saturated carbocycles. The number of carbonyl (C=O) groups excluding carboxylic acids is 2. The van der Waals surface area contributed by atoms with Gasteiger partial charge in [0.15, 0.2) is 0 Å². The number of alkyl halides is 9. The van der Waals surface area contributed by atoms with Gasteiger partial charge in [0.1, 0.15) is 0 Å². The number of allylic oxidation sites excluding steroid dienone is 2. The van der Waals surface area contributed by atoms with Crippen LogP contribution in [0.2, 0.25) is 15.1 Å². The third-order valence-electron chi connectivity index (χ3n) is 14.1. The van der Waals surface area contributed by atoms with Crippen molar-refractivity contribution in [2.45, 2.75) is 97.5 Å². The summed E-state index contributed by atoms with van der Waals surface area (Å²) in [6, 6.07) is 22.4. The highest BCUT2D eigenvalue weighted by Gasteiger charge is 2.33. The highest BCUT2D eigenvalue weighted by Crippen LogP contribution is 2.38. The summed E-state index contributed by atoms with van der Waals surface area (Å²) in [4.78, 5) is 34.7. The van der Waals surface area contributed by atoms with Gasteiger partial charge in [0, 0.05) is 28.7 Å². The number of hydrazine groups is 1. The van der Waals surface area contributed by atoms with Crippen molar-refractivity contribution in [3.8, 4) is 22.9 Å². The van der Waals surface area contributed by atoms with Gasteiger partial charge < -0.3 is 19.0 Å². The summed E-state index contributed by atoms with van der Waals surface area (Å²) in [6.45, 7) is 31.5. The summed E-state index contributed by atoms with van der Waals surface area (Å²) in [5.74, 6) is -2.41. The average molecular weight is 1310 g/mol. The molecule has 0 saturated heterocycles. The van der Waals surface area contributed by atoms with Gasteiger partial charge >= 0.3 is 18.5 Å². The van der Waals surface area contributed by atoms with Crippen molar-refractivity contribution in [1.82, 2.24) is 31.2 Å². The first kappa shape index (κ1) is 70.0. The number of aromatic nitrogens is 4. The Hall–Kier alpha value is -9.09. The minimum absolute atomic E-state index is 0.0579. The first-order chi connectivity index (χ1) is 42.3. The van der Waals surface area contributed by atoms with Crippen LogP contribution in [0.25, 0.3) is 43.0 Å². The largest absolute Gasteiger partial charge is 0.420 e. The molecule has 27 heteroatoms. The van der Waals surface area contributed by atoms with Crippen LogP contribution in [0, 0.1) is 46.4 Å². The average Bonchev–Trinajstić information content (AvgIpc) is 1.84. The Labute approximate surface area is 524 Å². The number of carbonyl (C=O) groups is 2. The summed E-state index contributed by atoms with van der Waals surface area (Å²) >= 11 is 18.6. The molecule has 8 rings (SSSR count). The van der Waals surface area contributed by atoms with E-state index < -0.39 is 71.1 Å². The van der Waals surface area contributed by atoms with Crippen LogP contribution in [-0.4, -0.2) is 54.6 Å². The molecule has 90 heavy (non-hydrogen) atoms. The summed E-state index contributed by atoms with van der Waals surface area (Å²) in [7, 11) is 0. The number of hydrogen-bond acceptors (Lipinski definition) is 10. The number of nitrogens with zero attached hydrogens (tertiary/aromatic N) is 7. The van der Waals surface area contributed by atoms with Crippen molar-refractivity contribution < 1.29 is 68.2 Å². The maximum absolute atomic E-state index is 12.7. The zero-order valence-corrected chi connectivity index (χ0v) is 50.4. The molecule has 0 fully saturated rings. The van der Waals surface area contributed by atoms with E-state index in [2.05, 4.69) is 45.8 Å². The molecule has 0 bridgehead atoms. The number of benzene rings is 6. The van der Waals surface area contributed by atoms with Gasteiger partial charge in [0.05, 0.1) is 75.5 Å². The number of amides is 2. The van der Waals surface area contributed by atoms with E-state index in [0.717, 1.165) is 76.4 Å². The van der Waals surface area contributed by atoms with Crippen LogP contribution >= 0.6 is 34.8 Å². The Morgan fingerprint density at radius 2 is 0.956 bits per heavy atom. The fraction of sp³-hybridized carbons (Fsp3) is 0.254. The number of hydrogen-bond donors (Lipinski definition) is 4. The molecule has 4 N–H and O–H groups in total. The zero-order chi connectivity index (χ0) is 66.6. The van der Waals surface area contributed by atoms with Gasteiger partial charge in [-0.2, -0.15) is 39.5 Å². The molecule has 4 atom stereocenters. The Morgan fingerprint density at radius 3 is 1.37 bits per heavy atom. The van der Waals surface area contributed by atoms with Gasteiger partial charge in [-0.3, -0.25) is 20.4 Å². The maximum Gasteiger partial charge on any atom is 0.416 e. The van der Waals surface area contributed by atoms with Crippen molar-refractivity contribution in [2.75, 3.05) is 0 Å². The molecule has 0 unspecified atom stereocenters.